The van der Waals surface area contributed by atoms with Crippen molar-refractivity contribution in [3.8, 4) is 0 Å². The van der Waals surface area contributed by atoms with Crippen molar-refractivity contribution in [1.82, 2.24) is 0 Å². The van der Waals surface area contributed by atoms with E-state index in [9.17, 15) is 0 Å². The van der Waals surface area contributed by atoms with E-state index in [1.807, 2.05) is 0 Å². The van der Waals surface area contributed by atoms with Gasteiger partial charge in [0.15, 0.2) is 0 Å². The predicted molar refractivity (Wildman–Crippen MR) is 94.1 cm³/mol. The fourth-order valence-electron chi connectivity index (χ4n) is 2.82. The Morgan fingerprint density at radius 3 is 2.05 bits per heavy atom. The largest absolute Gasteiger partial charge is 0.0999 e. The Hall–Kier alpha value is -0.520. The maximum atomic E-state index is 4.39. The lowest BCUT2D eigenvalue weighted by Crippen LogP contribution is -2.16. The molecule has 0 N–H and O–H groups in total. The maximum Gasteiger partial charge on any atom is -0.0200 e. The third kappa shape index (κ3) is 7.31. The second kappa shape index (κ2) is 9.42. The van der Waals surface area contributed by atoms with Gasteiger partial charge in [0.05, 0.1) is 0 Å². The van der Waals surface area contributed by atoms with Gasteiger partial charge in [-0.15, -0.1) is 0 Å². The number of rotatable bonds is 11. The fraction of sp³-hybridized carbons (Fsp3) is 0.800. The summed E-state index contributed by atoms with van der Waals surface area (Å²) >= 11 is 0. The van der Waals surface area contributed by atoms with Crippen LogP contribution in [0.3, 0.4) is 0 Å². The third-order valence-electron chi connectivity index (χ3n) is 5.03. The molecule has 0 aliphatic carbocycles. The molecule has 0 nitrogen and oxygen atoms in total. The Labute approximate surface area is 128 Å². The van der Waals surface area contributed by atoms with E-state index in [0.717, 1.165) is 0 Å². The third-order valence-corrected chi connectivity index (χ3v) is 5.03. The van der Waals surface area contributed by atoms with E-state index in [2.05, 4.69) is 54.7 Å². The lowest BCUT2D eigenvalue weighted by Gasteiger charge is -2.29. The maximum absolute atomic E-state index is 4.39. The molecular weight excluding hydrogens is 240 g/mol. The van der Waals surface area contributed by atoms with Gasteiger partial charge in [-0.25, -0.2) is 0 Å². The van der Waals surface area contributed by atoms with Gasteiger partial charge in [-0.3, -0.25) is 0 Å². The zero-order valence-electron chi connectivity index (χ0n) is 15.0. The molecule has 118 valence electrons. The highest BCUT2D eigenvalue weighted by Crippen LogP contribution is 2.35. The van der Waals surface area contributed by atoms with Crippen LogP contribution in [-0.2, 0) is 0 Å². The number of hydrogen-bond donors (Lipinski definition) is 0. The smallest absolute Gasteiger partial charge is 0.0200 e. The first-order chi connectivity index (χ1) is 9.27. The topological polar surface area (TPSA) is 0 Å². The molecular formula is C20H38. The predicted octanol–water partition coefficient (Wildman–Crippen LogP) is 7.17. The van der Waals surface area contributed by atoms with Crippen molar-refractivity contribution < 1.29 is 0 Å². The average Bonchev–Trinajstić information content (AvgIpc) is 2.38. The van der Waals surface area contributed by atoms with Crippen LogP contribution in [-0.4, -0.2) is 0 Å². The van der Waals surface area contributed by atoms with Crippen LogP contribution >= 0.6 is 0 Å². The van der Waals surface area contributed by atoms with Crippen LogP contribution in [0.25, 0.3) is 0 Å². The van der Waals surface area contributed by atoms with Gasteiger partial charge in [0, 0.05) is 0 Å². The Bertz CT molecular complexity index is 295. The lowest BCUT2D eigenvalue weighted by atomic mass is 9.76. The van der Waals surface area contributed by atoms with Crippen LogP contribution in [0.4, 0.5) is 0 Å². The lowest BCUT2D eigenvalue weighted by molar-refractivity contribution is 0.278. The van der Waals surface area contributed by atoms with E-state index in [1.165, 1.54) is 56.1 Å². The van der Waals surface area contributed by atoms with Gasteiger partial charge in [-0.05, 0) is 56.3 Å². The molecule has 0 aromatic carbocycles. The molecule has 20 heavy (non-hydrogen) atoms. The minimum absolute atomic E-state index is 0.468. The van der Waals surface area contributed by atoms with Gasteiger partial charge in [-0.1, -0.05) is 71.8 Å². The van der Waals surface area contributed by atoms with Gasteiger partial charge < -0.3 is 0 Å². The van der Waals surface area contributed by atoms with E-state index in [1.54, 1.807) is 0 Å². The normalized spacial score (nSPS) is 14.9. The Morgan fingerprint density at radius 2 is 1.65 bits per heavy atom. The van der Waals surface area contributed by atoms with Gasteiger partial charge in [0.2, 0.25) is 0 Å². The summed E-state index contributed by atoms with van der Waals surface area (Å²) in [6.45, 7) is 22.4. The van der Waals surface area contributed by atoms with Crippen molar-refractivity contribution >= 4 is 0 Å². The first kappa shape index (κ1) is 19.5. The molecule has 0 heteroatoms. The Balaban J connectivity index is 4.72. The molecule has 2 atom stereocenters. The van der Waals surface area contributed by atoms with Gasteiger partial charge >= 0.3 is 0 Å². The fourth-order valence-corrected chi connectivity index (χ4v) is 2.82. The summed E-state index contributed by atoms with van der Waals surface area (Å²) in [4.78, 5) is 0. The Kier molecular flexibility index (Phi) is 9.18. The highest BCUT2D eigenvalue weighted by atomic mass is 14.3. The van der Waals surface area contributed by atoms with E-state index >= 15 is 0 Å². The van der Waals surface area contributed by atoms with Crippen LogP contribution < -0.4 is 0 Å². The summed E-state index contributed by atoms with van der Waals surface area (Å²) in [5.41, 5.74) is 3.28. The van der Waals surface area contributed by atoms with E-state index in [0.29, 0.717) is 17.3 Å². The summed E-state index contributed by atoms with van der Waals surface area (Å²) in [5.74, 6) is 1.35. The monoisotopic (exact) mass is 278 g/mol. The molecule has 0 aromatic rings. The van der Waals surface area contributed by atoms with E-state index < -0.39 is 0 Å². The van der Waals surface area contributed by atoms with Crippen LogP contribution in [0.15, 0.2) is 24.3 Å². The average molecular weight is 279 g/mol. The second-order valence-electron chi connectivity index (χ2n) is 7.35. The van der Waals surface area contributed by atoms with Crippen LogP contribution in [0.1, 0.15) is 86.5 Å². The van der Waals surface area contributed by atoms with Gasteiger partial charge in [0.1, 0.15) is 0 Å². The van der Waals surface area contributed by atoms with Crippen LogP contribution in [0.2, 0.25) is 0 Å². The number of allylic oxidation sites excluding steroid dienone is 2. The molecule has 0 radical (unpaired) electrons. The quantitative estimate of drug-likeness (QED) is 0.351. The van der Waals surface area contributed by atoms with Crippen molar-refractivity contribution in [2.75, 3.05) is 0 Å². The molecule has 0 aromatic heterocycles. The molecule has 0 bridgehead atoms. The summed E-state index contributed by atoms with van der Waals surface area (Å²) in [6.07, 6.45) is 8.73. The molecule has 0 aliphatic rings. The highest BCUT2D eigenvalue weighted by molar-refractivity contribution is 5.05. The first-order valence-corrected chi connectivity index (χ1v) is 8.60. The van der Waals surface area contributed by atoms with Crippen molar-refractivity contribution in [3.05, 3.63) is 24.3 Å². The van der Waals surface area contributed by atoms with E-state index in [4.69, 9.17) is 0 Å². The molecule has 0 amide bonds. The van der Waals surface area contributed by atoms with Gasteiger partial charge in [0.25, 0.3) is 0 Å². The summed E-state index contributed by atoms with van der Waals surface area (Å²) < 4.78 is 0. The highest BCUT2D eigenvalue weighted by Gasteiger charge is 2.22. The van der Waals surface area contributed by atoms with Crippen LogP contribution in [0, 0.1) is 17.3 Å². The van der Waals surface area contributed by atoms with Crippen molar-refractivity contribution in [3.63, 3.8) is 0 Å². The number of hydrogen-bond acceptors (Lipinski definition) is 0. The molecule has 0 spiro atoms. The standard InChI is InChI=1S/C20H38/c1-9-12-17(6)19(13-14-20(7,8)11-3)15-18(10-2)16(4)5/h18-19H,4,6,9-15H2,1-3,5,7-8H3. The zero-order chi connectivity index (χ0) is 15.8. The Morgan fingerprint density at radius 1 is 1.05 bits per heavy atom. The van der Waals surface area contributed by atoms with Crippen molar-refractivity contribution in [2.45, 2.75) is 86.5 Å². The molecule has 0 saturated carbocycles. The van der Waals surface area contributed by atoms with E-state index in [-0.39, 0.29) is 0 Å². The SMILES string of the molecule is C=C(C)C(CC)CC(CCC(C)(C)CC)C(=C)CCC. The van der Waals surface area contributed by atoms with Crippen molar-refractivity contribution in [1.29, 1.82) is 0 Å². The summed E-state index contributed by atoms with van der Waals surface area (Å²) in [6, 6.07) is 0. The molecule has 0 aliphatic heterocycles. The minimum Gasteiger partial charge on any atom is -0.0999 e. The summed E-state index contributed by atoms with van der Waals surface area (Å²) in [5, 5.41) is 0. The molecule has 0 fully saturated rings. The first-order valence-electron chi connectivity index (χ1n) is 8.60. The summed E-state index contributed by atoms with van der Waals surface area (Å²) in [7, 11) is 0. The van der Waals surface area contributed by atoms with Crippen LogP contribution in [0.5, 0.6) is 0 Å². The van der Waals surface area contributed by atoms with Gasteiger partial charge in [-0.2, -0.15) is 0 Å². The zero-order valence-corrected chi connectivity index (χ0v) is 15.0. The minimum atomic E-state index is 0.468. The molecule has 0 heterocycles. The molecule has 2 unspecified atom stereocenters. The van der Waals surface area contributed by atoms with Crippen molar-refractivity contribution in [2.24, 2.45) is 17.3 Å². The molecule has 0 saturated heterocycles. The second-order valence-corrected chi connectivity index (χ2v) is 7.35. The molecule has 0 rings (SSSR count).